The van der Waals surface area contributed by atoms with Gasteiger partial charge in [0.15, 0.2) is 6.61 Å². The highest BCUT2D eigenvalue weighted by atomic mass is 16.5. The first-order valence-corrected chi connectivity index (χ1v) is 6.17. The van der Waals surface area contributed by atoms with Gasteiger partial charge in [0, 0.05) is 0 Å². The van der Waals surface area contributed by atoms with E-state index in [1.165, 1.54) is 5.56 Å². The van der Waals surface area contributed by atoms with E-state index in [2.05, 4.69) is 22.3 Å². The van der Waals surface area contributed by atoms with Gasteiger partial charge in [0.05, 0.1) is 0 Å². The number of nitrogens with two attached hydrogens (primary N) is 1. The Morgan fingerprint density at radius 1 is 0.900 bits per heavy atom. The van der Waals surface area contributed by atoms with Crippen molar-refractivity contribution in [2.45, 2.75) is 6.61 Å². The number of hydrogen-bond acceptors (Lipinski definition) is 5. The van der Waals surface area contributed by atoms with E-state index < -0.39 is 0 Å². The van der Waals surface area contributed by atoms with Crippen molar-refractivity contribution in [3.8, 4) is 16.9 Å². The van der Waals surface area contributed by atoms with E-state index in [1.54, 1.807) is 0 Å². The molecule has 20 heavy (non-hydrogen) atoms. The SMILES string of the molecule is Nc1nnc(COc2ccc(-c3ccccc3)cc2)o1. The average molecular weight is 267 g/mol. The number of ether oxygens (including phenoxy) is 1. The predicted octanol–water partition coefficient (Wildman–Crippen LogP) is 2.90. The lowest BCUT2D eigenvalue weighted by molar-refractivity contribution is 0.265. The van der Waals surface area contributed by atoms with Crippen LogP contribution in [0, 0.1) is 0 Å². The Morgan fingerprint density at radius 2 is 1.60 bits per heavy atom. The summed E-state index contributed by atoms with van der Waals surface area (Å²) in [6, 6.07) is 18.0. The first kappa shape index (κ1) is 12.2. The molecule has 3 aromatic rings. The minimum absolute atomic E-state index is 0.0445. The molecule has 0 radical (unpaired) electrons. The molecule has 0 spiro atoms. The van der Waals surface area contributed by atoms with Gasteiger partial charge in [-0.25, -0.2) is 0 Å². The van der Waals surface area contributed by atoms with Crippen LogP contribution in [0.4, 0.5) is 6.01 Å². The maximum atomic E-state index is 5.54. The number of aromatic nitrogens is 2. The molecule has 0 saturated carbocycles. The van der Waals surface area contributed by atoms with E-state index in [1.807, 2.05) is 42.5 Å². The third-order valence-electron chi connectivity index (χ3n) is 2.81. The largest absolute Gasteiger partial charge is 0.484 e. The Labute approximate surface area is 116 Å². The molecule has 2 N–H and O–H groups in total. The lowest BCUT2D eigenvalue weighted by Gasteiger charge is -2.05. The molecule has 0 aliphatic heterocycles. The normalized spacial score (nSPS) is 10.4. The smallest absolute Gasteiger partial charge is 0.312 e. The summed E-state index contributed by atoms with van der Waals surface area (Å²) in [5.41, 5.74) is 7.64. The number of benzene rings is 2. The van der Waals surface area contributed by atoms with Crippen LogP contribution in [0.3, 0.4) is 0 Å². The van der Waals surface area contributed by atoms with Gasteiger partial charge in [-0.05, 0) is 23.3 Å². The summed E-state index contributed by atoms with van der Waals surface area (Å²) in [6.07, 6.45) is 0. The fourth-order valence-electron chi connectivity index (χ4n) is 1.84. The summed E-state index contributed by atoms with van der Waals surface area (Å²) < 4.78 is 10.6. The molecule has 0 aliphatic rings. The molecule has 100 valence electrons. The molecule has 0 aliphatic carbocycles. The minimum Gasteiger partial charge on any atom is -0.484 e. The summed E-state index contributed by atoms with van der Waals surface area (Å²) in [6.45, 7) is 0.203. The van der Waals surface area contributed by atoms with Crippen LogP contribution in [0.2, 0.25) is 0 Å². The third kappa shape index (κ3) is 2.77. The fourth-order valence-corrected chi connectivity index (χ4v) is 1.84. The molecular formula is C15H13N3O2. The van der Waals surface area contributed by atoms with Crippen molar-refractivity contribution < 1.29 is 9.15 Å². The Balaban J connectivity index is 1.67. The van der Waals surface area contributed by atoms with Gasteiger partial charge in [0.1, 0.15) is 5.75 Å². The summed E-state index contributed by atoms with van der Waals surface area (Å²) in [7, 11) is 0. The number of nitrogen functional groups attached to an aromatic ring is 1. The van der Waals surface area contributed by atoms with E-state index >= 15 is 0 Å². The lowest BCUT2D eigenvalue weighted by atomic mass is 10.1. The summed E-state index contributed by atoms with van der Waals surface area (Å²) in [4.78, 5) is 0. The van der Waals surface area contributed by atoms with Gasteiger partial charge in [0.25, 0.3) is 5.89 Å². The van der Waals surface area contributed by atoms with Gasteiger partial charge < -0.3 is 14.9 Å². The van der Waals surface area contributed by atoms with Gasteiger partial charge in [-0.3, -0.25) is 0 Å². The van der Waals surface area contributed by atoms with Gasteiger partial charge >= 0.3 is 6.01 Å². The van der Waals surface area contributed by atoms with Gasteiger partial charge in [-0.15, -0.1) is 5.10 Å². The molecule has 1 heterocycles. The zero-order chi connectivity index (χ0) is 13.8. The van der Waals surface area contributed by atoms with Crippen LogP contribution < -0.4 is 10.5 Å². The summed E-state index contributed by atoms with van der Waals surface area (Å²) >= 11 is 0. The first-order valence-electron chi connectivity index (χ1n) is 6.17. The van der Waals surface area contributed by atoms with Crippen LogP contribution in [0.15, 0.2) is 59.0 Å². The Morgan fingerprint density at radius 3 is 2.25 bits per heavy atom. The highest BCUT2D eigenvalue weighted by molar-refractivity contribution is 5.63. The van der Waals surface area contributed by atoms with E-state index in [-0.39, 0.29) is 12.6 Å². The Kier molecular flexibility index (Phi) is 3.33. The monoisotopic (exact) mass is 267 g/mol. The molecular weight excluding hydrogens is 254 g/mol. The topological polar surface area (TPSA) is 74.2 Å². The van der Waals surface area contributed by atoms with Crippen LogP contribution in [-0.2, 0) is 6.61 Å². The number of rotatable bonds is 4. The second-order valence-corrected chi connectivity index (χ2v) is 4.21. The highest BCUT2D eigenvalue weighted by Gasteiger charge is 2.04. The number of hydrogen-bond donors (Lipinski definition) is 1. The number of nitrogens with zero attached hydrogens (tertiary/aromatic N) is 2. The Hall–Kier alpha value is -2.82. The van der Waals surface area contributed by atoms with Crippen molar-refractivity contribution in [3.63, 3.8) is 0 Å². The summed E-state index contributed by atoms with van der Waals surface area (Å²) in [5, 5.41) is 7.29. The predicted molar refractivity (Wildman–Crippen MR) is 74.9 cm³/mol. The van der Waals surface area contributed by atoms with Crippen molar-refractivity contribution in [2.24, 2.45) is 0 Å². The Bertz CT molecular complexity index is 678. The van der Waals surface area contributed by atoms with Crippen LogP contribution >= 0.6 is 0 Å². The van der Waals surface area contributed by atoms with Gasteiger partial charge in [0.2, 0.25) is 0 Å². The molecule has 0 amide bonds. The summed E-state index contributed by atoms with van der Waals surface area (Å²) in [5.74, 6) is 1.09. The minimum atomic E-state index is 0.0445. The average Bonchev–Trinajstić information content (AvgIpc) is 2.92. The van der Waals surface area contributed by atoms with Crippen molar-refractivity contribution in [1.29, 1.82) is 0 Å². The third-order valence-corrected chi connectivity index (χ3v) is 2.81. The van der Waals surface area contributed by atoms with Crippen molar-refractivity contribution in [2.75, 3.05) is 5.73 Å². The molecule has 0 atom stereocenters. The highest BCUT2D eigenvalue weighted by Crippen LogP contribution is 2.22. The second-order valence-electron chi connectivity index (χ2n) is 4.21. The molecule has 0 fully saturated rings. The second kappa shape index (κ2) is 5.44. The standard InChI is InChI=1S/C15H13N3O2/c16-15-18-17-14(20-15)10-19-13-8-6-12(7-9-13)11-4-2-1-3-5-11/h1-9H,10H2,(H2,16,18). The maximum Gasteiger partial charge on any atom is 0.312 e. The first-order chi connectivity index (χ1) is 9.81. The maximum absolute atomic E-state index is 5.54. The van der Waals surface area contributed by atoms with Gasteiger partial charge in [-0.2, -0.15) is 0 Å². The van der Waals surface area contributed by atoms with Crippen LogP contribution in [0.25, 0.3) is 11.1 Å². The molecule has 3 rings (SSSR count). The van der Waals surface area contributed by atoms with E-state index in [4.69, 9.17) is 14.9 Å². The van der Waals surface area contributed by atoms with Gasteiger partial charge in [-0.1, -0.05) is 47.6 Å². The molecule has 0 unspecified atom stereocenters. The number of anilines is 1. The molecule has 5 nitrogen and oxygen atoms in total. The lowest BCUT2D eigenvalue weighted by Crippen LogP contribution is -1.95. The molecule has 0 bridgehead atoms. The quantitative estimate of drug-likeness (QED) is 0.786. The van der Waals surface area contributed by atoms with Crippen LogP contribution in [-0.4, -0.2) is 10.2 Å². The van der Waals surface area contributed by atoms with E-state index in [0.29, 0.717) is 5.89 Å². The van der Waals surface area contributed by atoms with E-state index in [0.717, 1.165) is 11.3 Å². The zero-order valence-corrected chi connectivity index (χ0v) is 10.7. The molecule has 0 saturated heterocycles. The van der Waals surface area contributed by atoms with Crippen molar-refractivity contribution in [3.05, 3.63) is 60.5 Å². The molecule has 5 heteroatoms. The van der Waals surface area contributed by atoms with Crippen molar-refractivity contribution >= 4 is 6.01 Å². The molecule has 2 aromatic carbocycles. The zero-order valence-electron chi connectivity index (χ0n) is 10.7. The van der Waals surface area contributed by atoms with E-state index in [9.17, 15) is 0 Å². The van der Waals surface area contributed by atoms with Crippen LogP contribution in [0.1, 0.15) is 5.89 Å². The fraction of sp³-hybridized carbons (Fsp3) is 0.0667. The molecule has 1 aromatic heterocycles. The van der Waals surface area contributed by atoms with Crippen LogP contribution in [0.5, 0.6) is 5.75 Å². The van der Waals surface area contributed by atoms with Crippen molar-refractivity contribution in [1.82, 2.24) is 10.2 Å².